The number of esters is 2. The van der Waals surface area contributed by atoms with Crippen LogP contribution in [0.5, 0.6) is 0 Å². The molecule has 1 heterocycles. The van der Waals surface area contributed by atoms with Crippen molar-refractivity contribution >= 4 is 11.9 Å². The van der Waals surface area contributed by atoms with Crippen LogP contribution in [0.4, 0.5) is 0 Å². The maximum atomic E-state index is 12.4. The number of rotatable bonds is 2. The van der Waals surface area contributed by atoms with Crippen molar-refractivity contribution in [2.45, 2.75) is 59.5 Å². The van der Waals surface area contributed by atoms with Crippen LogP contribution in [0.3, 0.4) is 0 Å². The third kappa shape index (κ3) is 2.42. The molecule has 4 heteroatoms. The third-order valence-electron chi connectivity index (χ3n) is 6.97. The van der Waals surface area contributed by atoms with Gasteiger partial charge in [0.2, 0.25) is 0 Å². The number of hydrogen-bond donors (Lipinski definition) is 0. The van der Waals surface area contributed by atoms with Crippen LogP contribution in [0, 0.1) is 22.7 Å². The summed E-state index contributed by atoms with van der Waals surface area (Å²) in [6, 6.07) is 0. The Kier molecular flexibility index (Phi) is 4.13. The minimum absolute atomic E-state index is 0.0682. The molecule has 1 spiro atoms. The largest absolute Gasteiger partial charge is 0.460 e. The van der Waals surface area contributed by atoms with Crippen LogP contribution in [-0.4, -0.2) is 24.6 Å². The molecule has 3 fully saturated rings. The molecule has 2 aliphatic carbocycles. The molecular weight excluding hydrogens is 304 g/mol. The Hall–Kier alpha value is -1.58. The van der Waals surface area contributed by atoms with Gasteiger partial charge in [-0.25, -0.2) is 4.79 Å². The smallest absolute Gasteiger partial charge is 0.333 e. The molecule has 2 saturated carbocycles. The summed E-state index contributed by atoms with van der Waals surface area (Å²) in [6.07, 6.45) is 4.99. The molecule has 1 saturated heterocycles. The van der Waals surface area contributed by atoms with E-state index >= 15 is 0 Å². The van der Waals surface area contributed by atoms with Crippen molar-refractivity contribution in [1.82, 2.24) is 0 Å². The molecule has 0 aromatic rings. The Morgan fingerprint density at radius 2 is 2.12 bits per heavy atom. The zero-order chi connectivity index (χ0) is 17.7. The number of cyclic esters (lactones) is 1. The van der Waals surface area contributed by atoms with Crippen LogP contribution < -0.4 is 0 Å². The van der Waals surface area contributed by atoms with E-state index in [0.717, 1.165) is 31.3 Å². The molecule has 0 N–H and O–H groups in total. The lowest BCUT2D eigenvalue weighted by atomic mass is 9.62. The number of hydrogen-bond acceptors (Lipinski definition) is 4. The fourth-order valence-electron chi connectivity index (χ4n) is 4.98. The van der Waals surface area contributed by atoms with Gasteiger partial charge in [-0.05, 0) is 62.4 Å². The normalized spacial score (nSPS) is 42.2. The Morgan fingerprint density at radius 3 is 2.71 bits per heavy atom. The maximum Gasteiger partial charge on any atom is 0.333 e. The second kappa shape index (κ2) is 5.75. The van der Waals surface area contributed by atoms with Crippen LogP contribution in [0.25, 0.3) is 0 Å². The van der Waals surface area contributed by atoms with Crippen LogP contribution >= 0.6 is 0 Å². The van der Waals surface area contributed by atoms with E-state index in [1.807, 2.05) is 6.92 Å². The van der Waals surface area contributed by atoms with Gasteiger partial charge in [0.05, 0.1) is 5.41 Å². The molecule has 3 aliphatic rings. The molecule has 4 nitrogen and oxygen atoms in total. The highest BCUT2D eigenvalue weighted by Crippen LogP contribution is 2.65. The van der Waals surface area contributed by atoms with Gasteiger partial charge >= 0.3 is 11.9 Å². The number of ether oxygens (including phenoxy) is 2. The predicted octanol–water partition coefficient (Wildman–Crippen LogP) is 3.81. The predicted molar refractivity (Wildman–Crippen MR) is 91.1 cm³/mol. The Balaban J connectivity index is 1.79. The fourth-order valence-corrected chi connectivity index (χ4v) is 4.98. The monoisotopic (exact) mass is 332 g/mol. The summed E-state index contributed by atoms with van der Waals surface area (Å²) in [5, 5.41) is 0. The lowest BCUT2D eigenvalue weighted by Gasteiger charge is -2.45. The van der Waals surface area contributed by atoms with E-state index in [4.69, 9.17) is 9.47 Å². The molecule has 5 atom stereocenters. The lowest BCUT2D eigenvalue weighted by molar-refractivity contribution is -0.150. The number of fused-ring (bicyclic) bond motifs is 1. The highest BCUT2D eigenvalue weighted by molar-refractivity contribution is 5.87. The zero-order valence-corrected chi connectivity index (χ0v) is 15.2. The quantitative estimate of drug-likeness (QED) is 0.438. The Labute approximate surface area is 144 Å². The summed E-state index contributed by atoms with van der Waals surface area (Å²) < 4.78 is 11.0. The van der Waals surface area contributed by atoms with E-state index in [9.17, 15) is 9.59 Å². The summed E-state index contributed by atoms with van der Waals surface area (Å²) in [5.41, 5.74) is 1.14. The van der Waals surface area contributed by atoms with Crippen molar-refractivity contribution in [2.24, 2.45) is 22.7 Å². The Bertz CT molecular complexity index is 601. The van der Waals surface area contributed by atoms with Crippen molar-refractivity contribution < 1.29 is 19.1 Å². The summed E-state index contributed by atoms with van der Waals surface area (Å²) >= 11 is 0. The number of carbonyl (C=O) groups is 2. The van der Waals surface area contributed by atoms with E-state index in [2.05, 4.69) is 20.4 Å². The molecule has 5 unspecified atom stereocenters. The van der Waals surface area contributed by atoms with Crippen LogP contribution in [0.1, 0.15) is 53.4 Å². The highest BCUT2D eigenvalue weighted by Gasteiger charge is 2.63. The molecule has 132 valence electrons. The van der Waals surface area contributed by atoms with E-state index < -0.39 is 5.41 Å². The zero-order valence-electron chi connectivity index (χ0n) is 15.2. The second-order valence-corrected chi connectivity index (χ2v) is 8.22. The van der Waals surface area contributed by atoms with Gasteiger partial charge in [0.1, 0.15) is 12.7 Å². The molecule has 0 bridgehead atoms. The van der Waals surface area contributed by atoms with E-state index in [0.29, 0.717) is 24.0 Å². The first kappa shape index (κ1) is 17.2. The molecule has 0 aromatic carbocycles. The molecule has 0 radical (unpaired) electrons. The van der Waals surface area contributed by atoms with Crippen LogP contribution in [0.2, 0.25) is 0 Å². The maximum absolute atomic E-state index is 12.4. The SMILES string of the molecule is C=C1COC(=O)C12CC1CC(OC(=O)C(C)=CC)CC(C)C1(C)C2. The number of allylic oxidation sites excluding steroid dienone is 1. The lowest BCUT2D eigenvalue weighted by Crippen LogP contribution is -2.41. The molecule has 0 aromatic heterocycles. The molecule has 24 heavy (non-hydrogen) atoms. The average Bonchev–Trinajstić information content (AvgIpc) is 2.99. The first-order chi connectivity index (χ1) is 11.2. The van der Waals surface area contributed by atoms with Gasteiger partial charge < -0.3 is 9.47 Å². The van der Waals surface area contributed by atoms with Gasteiger partial charge in [-0.15, -0.1) is 0 Å². The minimum Gasteiger partial charge on any atom is -0.460 e. The van der Waals surface area contributed by atoms with Gasteiger partial charge in [-0.3, -0.25) is 4.79 Å². The standard InChI is InChI=1S/C20H28O4/c1-6-12(2)17(21)24-16-7-13(3)19(5)11-20(9-15(19)8-16)14(4)10-23-18(20)22/h6,13,15-16H,4,7-11H2,1-3,5H3. The van der Waals surface area contributed by atoms with Gasteiger partial charge in [0.25, 0.3) is 0 Å². The van der Waals surface area contributed by atoms with E-state index in [1.165, 1.54) is 0 Å². The fraction of sp³-hybridized carbons (Fsp3) is 0.700. The summed E-state index contributed by atoms with van der Waals surface area (Å²) in [5.74, 6) is 0.414. The summed E-state index contributed by atoms with van der Waals surface area (Å²) in [6.45, 7) is 12.6. The second-order valence-electron chi connectivity index (χ2n) is 8.22. The van der Waals surface area contributed by atoms with E-state index in [-0.39, 0.29) is 23.5 Å². The van der Waals surface area contributed by atoms with Crippen molar-refractivity contribution in [3.05, 3.63) is 23.8 Å². The highest BCUT2D eigenvalue weighted by atomic mass is 16.5. The van der Waals surface area contributed by atoms with Crippen molar-refractivity contribution in [1.29, 1.82) is 0 Å². The van der Waals surface area contributed by atoms with Gasteiger partial charge in [-0.1, -0.05) is 26.5 Å². The number of carbonyl (C=O) groups excluding carboxylic acids is 2. The van der Waals surface area contributed by atoms with Crippen LogP contribution in [0.15, 0.2) is 23.8 Å². The van der Waals surface area contributed by atoms with Crippen LogP contribution in [-0.2, 0) is 19.1 Å². The van der Waals surface area contributed by atoms with Crippen molar-refractivity contribution in [3.63, 3.8) is 0 Å². The Morgan fingerprint density at radius 1 is 1.42 bits per heavy atom. The van der Waals surface area contributed by atoms with Crippen molar-refractivity contribution in [2.75, 3.05) is 6.61 Å². The van der Waals surface area contributed by atoms with Gasteiger partial charge in [0, 0.05) is 5.57 Å². The summed E-state index contributed by atoms with van der Waals surface area (Å²) in [7, 11) is 0. The molecule has 3 rings (SSSR count). The average molecular weight is 332 g/mol. The van der Waals surface area contributed by atoms with Crippen molar-refractivity contribution in [3.8, 4) is 0 Å². The van der Waals surface area contributed by atoms with E-state index in [1.54, 1.807) is 13.0 Å². The summed E-state index contributed by atoms with van der Waals surface area (Å²) in [4.78, 5) is 24.5. The molecule has 1 aliphatic heterocycles. The third-order valence-corrected chi connectivity index (χ3v) is 6.97. The molecular formula is C20H28O4. The minimum atomic E-state index is -0.508. The van der Waals surface area contributed by atoms with Gasteiger partial charge in [-0.2, -0.15) is 0 Å². The molecule has 0 amide bonds. The topological polar surface area (TPSA) is 52.6 Å². The van der Waals surface area contributed by atoms with Gasteiger partial charge in [0.15, 0.2) is 0 Å². The first-order valence-electron chi connectivity index (χ1n) is 8.92. The first-order valence-corrected chi connectivity index (χ1v) is 8.92.